The summed E-state index contributed by atoms with van der Waals surface area (Å²) >= 11 is 4.40. The maximum atomic E-state index is 13.2. The van der Waals surface area contributed by atoms with E-state index in [0.717, 1.165) is 27.5 Å². The van der Waals surface area contributed by atoms with Crippen LogP contribution in [0.25, 0.3) is 11.0 Å². The van der Waals surface area contributed by atoms with Gasteiger partial charge in [0.25, 0.3) is 0 Å². The Bertz CT molecular complexity index is 1180. The number of fused-ring (bicyclic) bond motifs is 1. The number of nitrogens with one attached hydrogen (secondary N) is 1. The smallest absolute Gasteiger partial charge is 0.245 e. The predicted octanol–water partition coefficient (Wildman–Crippen LogP) is 3.80. The van der Waals surface area contributed by atoms with E-state index in [1.807, 2.05) is 25.1 Å². The average molecular weight is 495 g/mol. The molecule has 152 valence electrons. The van der Waals surface area contributed by atoms with Gasteiger partial charge in [0.2, 0.25) is 15.9 Å². The summed E-state index contributed by atoms with van der Waals surface area (Å²) in [6, 6.07) is 10.6. The standard InChI is InChI=1S/C19H19BrN4O3S2/c1-12-10-14(20)7-8-15(12)21-19(25)13-4-3-9-24(11-13)29(26,27)17-6-2-5-16-18(17)23-28-22-16/h2,5-8,10,13H,3-4,9,11H2,1H3,(H,21,25). The molecule has 4 rings (SSSR count). The van der Waals surface area contributed by atoms with Crippen LogP contribution in [0.3, 0.4) is 0 Å². The molecule has 7 nitrogen and oxygen atoms in total. The van der Waals surface area contributed by atoms with Gasteiger partial charge in [-0.05, 0) is 55.7 Å². The molecule has 1 amide bonds. The van der Waals surface area contributed by atoms with Crippen molar-refractivity contribution < 1.29 is 13.2 Å². The van der Waals surface area contributed by atoms with Crippen LogP contribution in [0, 0.1) is 12.8 Å². The van der Waals surface area contributed by atoms with Crippen molar-refractivity contribution in [1.82, 2.24) is 13.1 Å². The number of rotatable bonds is 4. The van der Waals surface area contributed by atoms with E-state index in [-0.39, 0.29) is 17.3 Å². The van der Waals surface area contributed by atoms with E-state index in [1.54, 1.807) is 18.2 Å². The van der Waals surface area contributed by atoms with Crippen LogP contribution in [-0.4, -0.2) is 40.5 Å². The lowest BCUT2D eigenvalue weighted by Gasteiger charge is -2.31. The summed E-state index contributed by atoms with van der Waals surface area (Å²) in [5.74, 6) is -0.571. The lowest BCUT2D eigenvalue weighted by Crippen LogP contribution is -2.43. The first-order valence-corrected chi connectivity index (χ1v) is 12.1. The fourth-order valence-electron chi connectivity index (χ4n) is 3.51. The highest BCUT2D eigenvalue weighted by Gasteiger charge is 2.34. The third-order valence-electron chi connectivity index (χ3n) is 5.07. The summed E-state index contributed by atoms with van der Waals surface area (Å²) in [6.07, 6.45) is 1.28. The van der Waals surface area contributed by atoms with Crippen LogP contribution in [0.1, 0.15) is 18.4 Å². The summed E-state index contributed by atoms with van der Waals surface area (Å²) in [7, 11) is -3.76. The van der Waals surface area contributed by atoms with Gasteiger partial charge in [-0.3, -0.25) is 4.79 Å². The lowest BCUT2D eigenvalue weighted by atomic mass is 9.98. The summed E-state index contributed by atoms with van der Waals surface area (Å²) in [5, 5.41) is 2.94. The van der Waals surface area contributed by atoms with Crippen LogP contribution in [0.2, 0.25) is 0 Å². The van der Waals surface area contributed by atoms with E-state index in [0.29, 0.717) is 30.4 Å². The molecular weight excluding hydrogens is 476 g/mol. The van der Waals surface area contributed by atoms with E-state index in [1.165, 1.54) is 4.31 Å². The van der Waals surface area contributed by atoms with Gasteiger partial charge in [0.05, 0.1) is 17.6 Å². The number of aromatic nitrogens is 2. The molecule has 10 heteroatoms. The zero-order chi connectivity index (χ0) is 20.6. The molecule has 1 N–H and O–H groups in total. The Morgan fingerprint density at radius 3 is 2.90 bits per heavy atom. The number of carbonyl (C=O) groups is 1. The first-order chi connectivity index (χ1) is 13.9. The van der Waals surface area contributed by atoms with Gasteiger partial charge in [0.1, 0.15) is 15.9 Å². The second-order valence-corrected chi connectivity index (χ2v) is 10.4. The van der Waals surface area contributed by atoms with Gasteiger partial charge in [-0.25, -0.2) is 8.42 Å². The summed E-state index contributed by atoms with van der Waals surface area (Å²) < 4.78 is 37.1. The molecule has 2 heterocycles. The Balaban J connectivity index is 1.54. The van der Waals surface area contributed by atoms with Crippen LogP contribution in [0.15, 0.2) is 45.8 Å². The Kier molecular flexibility index (Phi) is 5.69. The Hall–Kier alpha value is -1.88. The van der Waals surface area contributed by atoms with Crippen molar-refractivity contribution in [3.05, 3.63) is 46.4 Å². The number of carbonyl (C=O) groups excluding carboxylic acids is 1. The fraction of sp³-hybridized carbons (Fsp3) is 0.316. The van der Waals surface area contributed by atoms with Crippen molar-refractivity contribution in [2.24, 2.45) is 5.92 Å². The average Bonchev–Trinajstić information content (AvgIpc) is 3.19. The minimum absolute atomic E-state index is 0.147. The van der Waals surface area contributed by atoms with E-state index in [9.17, 15) is 13.2 Å². The molecule has 0 bridgehead atoms. The number of amides is 1. The van der Waals surface area contributed by atoms with Gasteiger partial charge in [0, 0.05) is 23.2 Å². The molecular formula is C19H19BrN4O3S2. The molecule has 3 aromatic rings. The SMILES string of the molecule is Cc1cc(Br)ccc1NC(=O)C1CCCN(S(=O)(=O)c2cccc3nsnc23)C1. The number of halogens is 1. The number of sulfonamides is 1. The van der Waals surface area contributed by atoms with Crippen LogP contribution in [0.4, 0.5) is 5.69 Å². The third kappa shape index (κ3) is 4.07. The van der Waals surface area contributed by atoms with Crippen molar-refractivity contribution in [2.45, 2.75) is 24.7 Å². The lowest BCUT2D eigenvalue weighted by molar-refractivity contribution is -0.120. The highest BCUT2D eigenvalue weighted by atomic mass is 79.9. The van der Waals surface area contributed by atoms with E-state index in [4.69, 9.17) is 0 Å². The van der Waals surface area contributed by atoms with Gasteiger partial charge in [-0.15, -0.1) is 0 Å². The maximum absolute atomic E-state index is 13.2. The largest absolute Gasteiger partial charge is 0.326 e. The zero-order valence-electron chi connectivity index (χ0n) is 15.6. The monoisotopic (exact) mass is 494 g/mol. The fourth-order valence-corrected chi connectivity index (χ4v) is 6.26. The maximum Gasteiger partial charge on any atom is 0.245 e. The zero-order valence-corrected chi connectivity index (χ0v) is 18.8. The molecule has 29 heavy (non-hydrogen) atoms. The van der Waals surface area contributed by atoms with Crippen LogP contribution < -0.4 is 5.32 Å². The van der Waals surface area contributed by atoms with Gasteiger partial charge in [-0.2, -0.15) is 13.1 Å². The minimum atomic E-state index is -3.76. The van der Waals surface area contributed by atoms with Gasteiger partial charge < -0.3 is 5.32 Å². The third-order valence-corrected chi connectivity index (χ3v) is 8.00. The Morgan fingerprint density at radius 1 is 1.28 bits per heavy atom. The molecule has 1 saturated heterocycles. The number of benzene rings is 2. The molecule has 0 saturated carbocycles. The number of hydrogen-bond donors (Lipinski definition) is 1. The molecule has 1 fully saturated rings. The number of piperidine rings is 1. The molecule has 1 atom stereocenters. The van der Waals surface area contributed by atoms with Gasteiger partial charge in [-0.1, -0.05) is 22.0 Å². The summed E-state index contributed by atoms with van der Waals surface area (Å²) in [6.45, 7) is 2.45. The second-order valence-electron chi connectivity index (χ2n) is 7.04. The van der Waals surface area contributed by atoms with Crippen LogP contribution in [-0.2, 0) is 14.8 Å². The topological polar surface area (TPSA) is 92.3 Å². The van der Waals surface area contributed by atoms with Crippen molar-refractivity contribution in [3.63, 3.8) is 0 Å². The van der Waals surface area contributed by atoms with E-state index >= 15 is 0 Å². The van der Waals surface area contributed by atoms with Crippen molar-refractivity contribution >= 4 is 60.3 Å². The molecule has 1 unspecified atom stereocenters. The predicted molar refractivity (Wildman–Crippen MR) is 116 cm³/mol. The number of anilines is 1. The molecule has 0 spiro atoms. The first kappa shape index (κ1) is 20.4. The number of hydrogen-bond acceptors (Lipinski definition) is 6. The van der Waals surface area contributed by atoms with Gasteiger partial charge >= 0.3 is 0 Å². The normalized spacial score (nSPS) is 18.1. The number of nitrogens with zero attached hydrogens (tertiary/aromatic N) is 3. The molecule has 1 aromatic heterocycles. The molecule has 2 aromatic carbocycles. The highest BCUT2D eigenvalue weighted by Crippen LogP contribution is 2.29. The molecule has 0 radical (unpaired) electrons. The number of aryl methyl sites for hydroxylation is 1. The highest BCUT2D eigenvalue weighted by molar-refractivity contribution is 9.10. The Morgan fingerprint density at radius 2 is 2.10 bits per heavy atom. The summed E-state index contributed by atoms with van der Waals surface area (Å²) in [5.41, 5.74) is 2.62. The molecule has 0 aliphatic carbocycles. The van der Waals surface area contributed by atoms with Crippen LogP contribution in [0.5, 0.6) is 0 Å². The van der Waals surface area contributed by atoms with E-state index in [2.05, 4.69) is 30.0 Å². The molecule has 1 aliphatic heterocycles. The first-order valence-electron chi connectivity index (χ1n) is 9.15. The molecule has 1 aliphatic rings. The van der Waals surface area contributed by atoms with Crippen LogP contribution >= 0.6 is 27.7 Å². The van der Waals surface area contributed by atoms with E-state index < -0.39 is 15.9 Å². The minimum Gasteiger partial charge on any atom is -0.326 e. The quantitative estimate of drug-likeness (QED) is 0.595. The summed E-state index contributed by atoms with van der Waals surface area (Å²) in [4.78, 5) is 13.0. The van der Waals surface area contributed by atoms with Crippen molar-refractivity contribution in [1.29, 1.82) is 0 Å². The van der Waals surface area contributed by atoms with Crippen molar-refractivity contribution in [2.75, 3.05) is 18.4 Å². The van der Waals surface area contributed by atoms with Crippen molar-refractivity contribution in [3.8, 4) is 0 Å². The van der Waals surface area contributed by atoms with Gasteiger partial charge in [0.15, 0.2) is 0 Å². The second kappa shape index (κ2) is 8.10. The Labute approximate surface area is 181 Å².